The zero-order valence-corrected chi connectivity index (χ0v) is 38.3. The number of carbonyl (C=O) groups excluding carboxylic acids is 3. The molecule has 56 heavy (non-hydrogen) atoms. The van der Waals surface area contributed by atoms with Gasteiger partial charge >= 0.3 is 17.9 Å². The van der Waals surface area contributed by atoms with Crippen LogP contribution in [0.3, 0.4) is 0 Å². The van der Waals surface area contributed by atoms with Gasteiger partial charge < -0.3 is 14.2 Å². The summed E-state index contributed by atoms with van der Waals surface area (Å²) in [6.07, 6.45) is 42.4. The highest BCUT2D eigenvalue weighted by atomic mass is 16.6. The lowest BCUT2D eigenvalue weighted by molar-refractivity contribution is -0.167. The molecule has 0 aromatic heterocycles. The standard InChI is InChI=1S/C50H96O6/c1-6-7-8-9-10-11-12-13-14-15-16-17-20-26-32-37-42-50(53)56-47(44-55-49(52)41-36-31-27-22-24-29-34-39-46(4)5)43-54-48(51)40-35-30-25-21-18-19-23-28-33-38-45(2)3/h45-47H,6-44H2,1-5H3/t47-/m1/s1. The minimum atomic E-state index is -0.761. The highest BCUT2D eigenvalue weighted by Gasteiger charge is 2.19. The van der Waals surface area contributed by atoms with Crippen molar-refractivity contribution in [2.75, 3.05) is 13.2 Å². The molecular weight excluding hydrogens is 697 g/mol. The Morgan fingerprint density at radius 3 is 0.875 bits per heavy atom. The van der Waals surface area contributed by atoms with Crippen LogP contribution >= 0.6 is 0 Å². The van der Waals surface area contributed by atoms with Gasteiger partial charge in [0.1, 0.15) is 13.2 Å². The quantitative estimate of drug-likeness (QED) is 0.0347. The normalized spacial score (nSPS) is 12.1. The smallest absolute Gasteiger partial charge is 0.306 e. The third-order valence-corrected chi connectivity index (χ3v) is 11.2. The van der Waals surface area contributed by atoms with Crippen molar-refractivity contribution in [1.29, 1.82) is 0 Å². The molecule has 0 aliphatic heterocycles. The van der Waals surface area contributed by atoms with Crippen molar-refractivity contribution in [2.45, 2.75) is 278 Å². The fraction of sp³-hybridized carbons (Fsp3) is 0.940. The molecule has 0 aromatic carbocycles. The van der Waals surface area contributed by atoms with Crippen molar-refractivity contribution >= 4 is 17.9 Å². The summed E-state index contributed by atoms with van der Waals surface area (Å²) in [5.74, 6) is 0.735. The highest BCUT2D eigenvalue weighted by molar-refractivity contribution is 5.71. The first kappa shape index (κ1) is 54.4. The van der Waals surface area contributed by atoms with Gasteiger partial charge in [0.25, 0.3) is 0 Å². The predicted octanol–water partition coefficient (Wildman–Crippen LogP) is 15.8. The molecule has 0 saturated heterocycles. The van der Waals surface area contributed by atoms with Crippen molar-refractivity contribution in [1.82, 2.24) is 0 Å². The molecule has 0 heterocycles. The molecule has 0 N–H and O–H groups in total. The second kappa shape index (κ2) is 43.0. The van der Waals surface area contributed by atoms with Gasteiger partial charge in [0, 0.05) is 19.3 Å². The monoisotopic (exact) mass is 793 g/mol. The van der Waals surface area contributed by atoms with Crippen LogP contribution in [0.2, 0.25) is 0 Å². The Morgan fingerprint density at radius 1 is 0.339 bits per heavy atom. The third-order valence-electron chi connectivity index (χ3n) is 11.2. The van der Waals surface area contributed by atoms with E-state index >= 15 is 0 Å². The highest BCUT2D eigenvalue weighted by Crippen LogP contribution is 2.17. The average molecular weight is 793 g/mol. The lowest BCUT2D eigenvalue weighted by Gasteiger charge is -2.18. The van der Waals surface area contributed by atoms with E-state index in [9.17, 15) is 14.4 Å². The van der Waals surface area contributed by atoms with Crippen molar-refractivity contribution in [3.8, 4) is 0 Å². The van der Waals surface area contributed by atoms with Gasteiger partial charge in [0.15, 0.2) is 6.10 Å². The van der Waals surface area contributed by atoms with Crippen molar-refractivity contribution < 1.29 is 28.6 Å². The summed E-state index contributed by atoms with van der Waals surface area (Å²) in [6, 6.07) is 0. The van der Waals surface area contributed by atoms with Crippen LogP contribution in [0.1, 0.15) is 272 Å². The minimum absolute atomic E-state index is 0.0650. The van der Waals surface area contributed by atoms with Gasteiger partial charge in [-0.3, -0.25) is 14.4 Å². The van der Waals surface area contributed by atoms with Gasteiger partial charge in [0.05, 0.1) is 0 Å². The van der Waals surface area contributed by atoms with E-state index in [1.165, 1.54) is 161 Å². The Labute approximate surface area is 348 Å². The molecule has 0 bridgehead atoms. The van der Waals surface area contributed by atoms with Gasteiger partial charge in [-0.2, -0.15) is 0 Å². The molecule has 0 aliphatic rings. The van der Waals surface area contributed by atoms with Crippen molar-refractivity contribution in [3.05, 3.63) is 0 Å². The van der Waals surface area contributed by atoms with Gasteiger partial charge in [-0.05, 0) is 31.1 Å². The number of unbranched alkanes of at least 4 members (excludes halogenated alkanes) is 29. The lowest BCUT2D eigenvalue weighted by atomic mass is 10.0. The maximum atomic E-state index is 12.8. The number of rotatable bonds is 44. The van der Waals surface area contributed by atoms with Crippen LogP contribution in [0, 0.1) is 11.8 Å². The summed E-state index contributed by atoms with van der Waals surface area (Å²) < 4.78 is 16.8. The fourth-order valence-electron chi connectivity index (χ4n) is 7.46. The molecule has 0 radical (unpaired) electrons. The van der Waals surface area contributed by atoms with E-state index in [1.54, 1.807) is 0 Å². The zero-order valence-electron chi connectivity index (χ0n) is 38.3. The van der Waals surface area contributed by atoms with Crippen LogP contribution in [-0.4, -0.2) is 37.2 Å². The molecule has 6 nitrogen and oxygen atoms in total. The lowest BCUT2D eigenvalue weighted by Crippen LogP contribution is -2.30. The number of esters is 3. The van der Waals surface area contributed by atoms with Crippen LogP contribution in [0.15, 0.2) is 0 Å². The molecule has 1 atom stereocenters. The summed E-state index contributed by atoms with van der Waals surface area (Å²) in [5, 5.41) is 0. The molecule has 0 amide bonds. The zero-order chi connectivity index (χ0) is 41.2. The summed E-state index contributed by atoms with van der Waals surface area (Å²) in [4.78, 5) is 37.8. The second-order valence-corrected chi connectivity index (χ2v) is 18.1. The summed E-state index contributed by atoms with van der Waals surface area (Å²) in [7, 11) is 0. The van der Waals surface area contributed by atoms with E-state index in [0.29, 0.717) is 19.3 Å². The van der Waals surface area contributed by atoms with E-state index in [0.717, 1.165) is 69.6 Å². The van der Waals surface area contributed by atoms with Gasteiger partial charge in [-0.25, -0.2) is 0 Å². The Morgan fingerprint density at radius 2 is 0.589 bits per heavy atom. The van der Waals surface area contributed by atoms with Crippen LogP contribution < -0.4 is 0 Å². The SMILES string of the molecule is CCCCCCCCCCCCCCCCCCC(=O)O[C@H](COC(=O)CCCCCCCCCCCC(C)C)COC(=O)CCCCCCCCCC(C)C. The van der Waals surface area contributed by atoms with E-state index in [2.05, 4.69) is 34.6 Å². The van der Waals surface area contributed by atoms with Gasteiger partial charge in [-0.1, -0.05) is 234 Å². The minimum Gasteiger partial charge on any atom is -0.462 e. The van der Waals surface area contributed by atoms with E-state index in [4.69, 9.17) is 14.2 Å². The van der Waals surface area contributed by atoms with E-state index < -0.39 is 6.10 Å². The van der Waals surface area contributed by atoms with Crippen molar-refractivity contribution in [3.63, 3.8) is 0 Å². The Kier molecular flexibility index (Phi) is 41.8. The van der Waals surface area contributed by atoms with E-state index in [1.807, 2.05) is 0 Å². The van der Waals surface area contributed by atoms with Crippen molar-refractivity contribution in [2.24, 2.45) is 11.8 Å². The first-order valence-electron chi connectivity index (χ1n) is 24.7. The predicted molar refractivity (Wildman–Crippen MR) is 238 cm³/mol. The second-order valence-electron chi connectivity index (χ2n) is 18.1. The van der Waals surface area contributed by atoms with Gasteiger partial charge in [0.2, 0.25) is 0 Å². The molecule has 0 aliphatic carbocycles. The average Bonchev–Trinajstić information content (AvgIpc) is 3.16. The number of ether oxygens (including phenoxy) is 3. The molecular formula is C50H96O6. The first-order valence-corrected chi connectivity index (χ1v) is 24.7. The molecule has 0 rings (SSSR count). The summed E-state index contributed by atoms with van der Waals surface area (Å²) in [5.41, 5.74) is 0. The molecule has 332 valence electrons. The number of hydrogen-bond donors (Lipinski definition) is 0. The third kappa shape index (κ3) is 43.5. The number of carbonyl (C=O) groups is 3. The van der Waals surface area contributed by atoms with Crippen LogP contribution in [0.4, 0.5) is 0 Å². The molecule has 0 spiro atoms. The maximum absolute atomic E-state index is 12.8. The van der Waals surface area contributed by atoms with Crippen LogP contribution in [0.25, 0.3) is 0 Å². The van der Waals surface area contributed by atoms with Gasteiger partial charge in [-0.15, -0.1) is 0 Å². The van der Waals surface area contributed by atoms with Crippen LogP contribution in [0.5, 0.6) is 0 Å². The topological polar surface area (TPSA) is 78.9 Å². The Hall–Kier alpha value is -1.59. The largest absolute Gasteiger partial charge is 0.462 e. The van der Waals surface area contributed by atoms with Crippen LogP contribution in [-0.2, 0) is 28.6 Å². The Balaban J connectivity index is 4.30. The van der Waals surface area contributed by atoms with E-state index in [-0.39, 0.29) is 31.1 Å². The molecule has 0 fully saturated rings. The Bertz CT molecular complexity index is 854. The molecule has 0 unspecified atom stereocenters. The maximum Gasteiger partial charge on any atom is 0.306 e. The fourth-order valence-corrected chi connectivity index (χ4v) is 7.46. The molecule has 0 aromatic rings. The number of hydrogen-bond acceptors (Lipinski definition) is 6. The summed E-state index contributed by atoms with van der Waals surface area (Å²) >= 11 is 0. The molecule has 0 saturated carbocycles. The molecule has 6 heteroatoms. The first-order chi connectivity index (χ1) is 27.2. The summed E-state index contributed by atoms with van der Waals surface area (Å²) in [6.45, 7) is 11.3.